The first-order valence-electron chi connectivity index (χ1n) is 6.73. The highest BCUT2D eigenvalue weighted by molar-refractivity contribution is 8.00. The van der Waals surface area contributed by atoms with Crippen molar-refractivity contribution in [3.63, 3.8) is 0 Å². The van der Waals surface area contributed by atoms with Crippen molar-refractivity contribution in [1.82, 2.24) is 14.8 Å². The summed E-state index contributed by atoms with van der Waals surface area (Å²) in [5, 5.41) is 9.14. The number of carbonyl (C=O) groups excluding carboxylic acids is 1. The fourth-order valence-electron chi connectivity index (χ4n) is 1.72. The van der Waals surface area contributed by atoms with E-state index in [0.717, 1.165) is 0 Å². The van der Waals surface area contributed by atoms with Crippen molar-refractivity contribution in [1.29, 1.82) is 0 Å². The fourth-order valence-corrected chi connectivity index (χ4v) is 2.74. The van der Waals surface area contributed by atoms with Crippen LogP contribution in [0.4, 0.5) is 0 Å². The number of halogens is 1. The second-order valence-electron chi connectivity index (χ2n) is 4.62. The third-order valence-electron chi connectivity index (χ3n) is 3.04. The number of aromatic nitrogens is 3. The van der Waals surface area contributed by atoms with Crippen LogP contribution in [-0.4, -0.2) is 25.9 Å². The molecule has 2 rings (SSSR count). The minimum Gasteiger partial charge on any atom is -0.486 e. The minimum absolute atomic E-state index is 0.277. The fraction of sp³-hybridized carbons (Fsp3) is 0.357. The minimum atomic E-state index is -0.352. The zero-order valence-electron chi connectivity index (χ0n) is 12.3. The summed E-state index contributed by atoms with van der Waals surface area (Å²) in [5.41, 5.74) is 5.35. The monoisotopic (exact) mass is 340 g/mol. The van der Waals surface area contributed by atoms with E-state index in [-0.39, 0.29) is 17.8 Å². The lowest BCUT2D eigenvalue weighted by molar-refractivity contribution is -0.117. The number of hydrogen-bond acceptors (Lipinski definition) is 5. The van der Waals surface area contributed by atoms with E-state index in [4.69, 9.17) is 22.1 Å². The molecule has 2 aromatic rings. The third kappa shape index (κ3) is 4.14. The molecule has 1 heterocycles. The molecular formula is C14H17ClN4O2S. The van der Waals surface area contributed by atoms with E-state index in [1.165, 1.54) is 11.8 Å². The van der Waals surface area contributed by atoms with Gasteiger partial charge in [0.2, 0.25) is 5.91 Å². The predicted octanol–water partition coefficient (Wildman–Crippen LogP) is 2.40. The number of benzene rings is 1. The number of nitrogens with two attached hydrogens (primary N) is 1. The quantitative estimate of drug-likeness (QED) is 0.782. The number of rotatable bonds is 7. The molecule has 0 bridgehead atoms. The molecule has 1 atom stereocenters. The Balaban J connectivity index is 2.01. The molecule has 0 aliphatic carbocycles. The van der Waals surface area contributed by atoms with Gasteiger partial charge in [0.1, 0.15) is 12.4 Å². The number of hydrogen-bond donors (Lipinski definition) is 1. The summed E-state index contributed by atoms with van der Waals surface area (Å²) in [4.78, 5) is 11.3. The van der Waals surface area contributed by atoms with Gasteiger partial charge in [0.05, 0.1) is 5.25 Å². The summed E-state index contributed by atoms with van der Waals surface area (Å²) in [7, 11) is 1.83. The second-order valence-corrected chi connectivity index (χ2v) is 6.22. The Bertz CT molecular complexity index is 645. The van der Waals surface area contributed by atoms with E-state index in [0.29, 0.717) is 28.2 Å². The molecule has 0 aliphatic rings. The van der Waals surface area contributed by atoms with E-state index >= 15 is 0 Å². The van der Waals surface area contributed by atoms with Crippen LogP contribution < -0.4 is 10.5 Å². The summed E-state index contributed by atoms with van der Waals surface area (Å²) in [6.45, 7) is 2.18. The molecule has 6 nitrogen and oxygen atoms in total. The lowest BCUT2D eigenvalue weighted by Crippen LogP contribution is -2.25. The van der Waals surface area contributed by atoms with Crippen LogP contribution in [0, 0.1) is 0 Å². The molecule has 1 aromatic heterocycles. The number of nitrogens with zero attached hydrogens (tertiary/aromatic N) is 3. The molecular weight excluding hydrogens is 324 g/mol. The molecule has 118 valence electrons. The van der Waals surface area contributed by atoms with Gasteiger partial charge in [0.25, 0.3) is 0 Å². The first kappa shape index (κ1) is 16.6. The van der Waals surface area contributed by atoms with Gasteiger partial charge in [-0.1, -0.05) is 30.3 Å². The highest BCUT2D eigenvalue weighted by atomic mass is 35.5. The zero-order chi connectivity index (χ0) is 16.1. The Morgan fingerprint density at radius 3 is 2.68 bits per heavy atom. The van der Waals surface area contributed by atoms with Gasteiger partial charge < -0.3 is 15.0 Å². The van der Waals surface area contributed by atoms with Gasteiger partial charge in [0, 0.05) is 12.1 Å². The summed E-state index contributed by atoms with van der Waals surface area (Å²) >= 11 is 7.13. The molecule has 0 saturated heterocycles. The standard InChI is InChI=1S/C14H17ClN4O2S/c1-3-11(13(16)20)22-14-18-17-12(19(14)2)8-21-10-6-4-9(15)5-7-10/h4-7,11H,3,8H2,1-2H3,(H2,16,20). The van der Waals surface area contributed by atoms with E-state index in [1.54, 1.807) is 28.8 Å². The van der Waals surface area contributed by atoms with Crippen LogP contribution in [-0.2, 0) is 18.4 Å². The van der Waals surface area contributed by atoms with E-state index < -0.39 is 0 Å². The Kier molecular flexibility index (Phi) is 5.68. The lowest BCUT2D eigenvalue weighted by Gasteiger charge is -2.10. The van der Waals surface area contributed by atoms with Crippen LogP contribution in [0.2, 0.25) is 5.02 Å². The lowest BCUT2D eigenvalue weighted by atomic mass is 10.3. The van der Waals surface area contributed by atoms with Crippen LogP contribution >= 0.6 is 23.4 Å². The topological polar surface area (TPSA) is 83.0 Å². The van der Waals surface area contributed by atoms with Crippen molar-refractivity contribution in [3.05, 3.63) is 35.1 Å². The van der Waals surface area contributed by atoms with Gasteiger partial charge in [-0.05, 0) is 30.7 Å². The summed E-state index contributed by atoms with van der Waals surface area (Å²) < 4.78 is 7.43. The number of primary amides is 1. The van der Waals surface area contributed by atoms with Crippen molar-refractivity contribution in [3.8, 4) is 5.75 Å². The average molecular weight is 341 g/mol. The van der Waals surface area contributed by atoms with E-state index in [9.17, 15) is 4.79 Å². The molecule has 0 fully saturated rings. The van der Waals surface area contributed by atoms with Crippen molar-refractivity contribution in [2.45, 2.75) is 30.4 Å². The molecule has 1 aromatic carbocycles. The summed E-state index contributed by atoms with van der Waals surface area (Å²) in [6.07, 6.45) is 0.642. The van der Waals surface area contributed by atoms with Crippen LogP contribution in [0.1, 0.15) is 19.2 Å². The molecule has 0 saturated carbocycles. The van der Waals surface area contributed by atoms with E-state index in [2.05, 4.69) is 10.2 Å². The van der Waals surface area contributed by atoms with Crippen LogP contribution in [0.3, 0.4) is 0 Å². The Labute approximate surface area is 138 Å². The maximum Gasteiger partial charge on any atom is 0.231 e. The predicted molar refractivity (Wildman–Crippen MR) is 85.9 cm³/mol. The normalized spacial score (nSPS) is 12.1. The van der Waals surface area contributed by atoms with Gasteiger partial charge in [-0.25, -0.2) is 0 Å². The number of ether oxygens (including phenoxy) is 1. The van der Waals surface area contributed by atoms with Crippen LogP contribution in [0.25, 0.3) is 0 Å². The van der Waals surface area contributed by atoms with Crippen molar-refractivity contribution >= 4 is 29.3 Å². The van der Waals surface area contributed by atoms with Crippen molar-refractivity contribution in [2.24, 2.45) is 12.8 Å². The molecule has 8 heteroatoms. The first-order valence-corrected chi connectivity index (χ1v) is 7.99. The Hall–Kier alpha value is -1.73. The average Bonchev–Trinajstić information content (AvgIpc) is 2.84. The number of carbonyl (C=O) groups is 1. The van der Waals surface area contributed by atoms with Gasteiger partial charge >= 0.3 is 0 Å². The molecule has 1 unspecified atom stereocenters. The van der Waals surface area contributed by atoms with Crippen molar-refractivity contribution < 1.29 is 9.53 Å². The Morgan fingerprint density at radius 1 is 1.41 bits per heavy atom. The van der Waals surface area contributed by atoms with Gasteiger partial charge in [-0.15, -0.1) is 10.2 Å². The number of thioether (sulfide) groups is 1. The van der Waals surface area contributed by atoms with E-state index in [1.807, 2.05) is 14.0 Å². The largest absolute Gasteiger partial charge is 0.486 e. The van der Waals surface area contributed by atoms with Crippen LogP contribution in [0.15, 0.2) is 29.4 Å². The Morgan fingerprint density at radius 2 is 2.09 bits per heavy atom. The zero-order valence-corrected chi connectivity index (χ0v) is 13.9. The molecule has 1 amide bonds. The molecule has 0 spiro atoms. The second kappa shape index (κ2) is 7.51. The number of amides is 1. The maximum absolute atomic E-state index is 11.3. The third-order valence-corrected chi connectivity index (χ3v) is 4.71. The molecule has 0 aliphatic heterocycles. The van der Waals surface area contributed by atoms with Crippen molar-refractivity contribution in [2.75, 3.05) is 0 Å². The molecule has 22 heavy (non-hydrogen) atoms. The summed E-state index contributed by atoms with van der Waals surface area (Å²) in [6, 6.07) is 7.09. The molecule has 0 radical (unpaired) electrons. The van der Waals surface area contributed by atoms with Crippen LogP contribution in [0.5, 0.6) is 5.75 Å². The summed E-state index contributed by atoms with van der Waals surface area (Å²) in [5.74, 6) is 1.01. The van der Waals surface area contributed by atoms with Gasteiger partial charge in [0.15, 0.2) is 11.0 Å². The highest BCUT2D eigenvalue weighted by Gasteiger charge is 2.19. The smallest absolute Gasteiger partial charge is 0.231 e. The molecule has 2 N–H and O–H groups in total. The van der Waals surface area contributed by atoms with Gasteiger partial charge in [-0.2, -0.15) is 0 Å². The SMILES string of the molecule is CCC(Sc1nnc(COc2ccc(Cl)cc2)n1C)C(N)=O. The van der Waals surface area contributed by atoms with Gasteiger partial charge in [-0.3, -0.25) is 4.79 Å². The highest BCUT2D eigenvalue weighted by Crippen LogP contribution is 2.24. The maximum atomic E-state index is 11.3. The first-order chi connectivity index (χ1) is 10.5.